The van der Waals surface area contributed by atoms with Gasteiger partial charge in [-0.3, -0.25) is 0 Å². The van der Waals surface area contributed by atoms with Crippen molar-refractivity contribution in [3.05, 3.63) is 48.3 Å². The summed E-state index contributed by atoms with van der Waals surface area (Å²) >= 11 is 0. The first-order valence-electron chi connectivity index (χ1n) is 7.42. The number of nitrogens with one attached hydrogen (secondary N) is 1. The fourth-order valence-corrected chi connectivity index (χ4v) is 2.08. The van der Waals surface area contributed by atoms with Crippen LogP contribution in [0.5, 0.6) is 5.88 Å². The second-order valence-corrected chi connectivity index (χ2v) is 5.48. The minimum atomic E-state index is 0.114. The molecule has 0 bridgehead atoms. The molecule has 0 radical (unpaired) electrons. The monoisotopic (exact) mass is 285 g/mol. The van der Waals surface area contributed by atoms with E-state index in [0.29, 0.717) is 11.9 Å². The summed E-state index contributed by atoms with van der Waals surface area (Å²) in [7, 11) is 0. The van der Waals surface area contributed by atoms with Crippen molar-refractivity contribution in [2.45, 2.75) is 45.8 Å². The Balaban J connectivity index is 1.86. The number of rotatable bonds is 7. The summed E-state index contributed by atoms with van der Waals surface area (Å²) in [6, 6.07) is 12.7. The molecule has 2 aromatic rings. The summed E-state index contributed by atoms with van der Waals surface area (Å²) in [5.74, 6) is 1.42. The van der Waals surface area contributed by atoms with Crippen LogP contribution in [0.3, 0.4) is 0 Å². The molecule has 4 heteroatoms. The van der Waals surface area contributed by atoms with Crippen molar-refractivity contribution in [1.29, 1.82) is 0 Å². The van der Waals surface area contributed by atoms with Gasteiger partial charge in [-0.2, -0.15) is 0 Å². The van der Waals surface area contributed by atoms with Crippen LogP contribution in [0.2, 0.25) is 0 Å². The molecule has 2 rings (SSSR count). The Kier molecular flexibility index (Phi) is 5.55. The SMILES string of the molecule is CC(CCc1ccccc1)Nc1cc(OC(C)C)ncn1. The van der Waals surface area contributed by atoms with Crippen molar-refractivity contribution in [2.75, 3.05) is 5.32 Å². The summed E-state index contributed by atoms with van der Waals surface area (Å²) in [5, 5.41) is 3.39. The molecule has 0 aliphatic heterocycles. The molecule has 0 saturated carbocycles. The van der Waals surface area contributed by atoms with Crippen LogP contribution >= 0.6 is 0 Å². The fraction of sp³-hybridized carbons (Fsp3) is 0.412. The van der Waals surface area contributed by atoms with E-state index in [1.54, 1.807) is 0 Å². The lowest BCUT2D eigenvalue weighted by atomic mass is 10.1. The van der Waals surface area contributed by atoms with Gasteiger partial charge in [0, 0.05) is 12.1 Å². The highest BCUT2D eigenvalue weighted by Gasteiger charge is 2.06. The molecular formula is C17H23N3O. The smallest absolute Gasteiger partial charge is 0.218 e. The number of aromatic nitrogens is 2. The zero-order chi connectivity index (χ0) is 15.1. The lowest BCUT2D eigenvalue weighted by molar-refractivity contribution is 0.232. The summed E-state index contributed by atoms with van der Waals surface area (Å²) < 4.78 is 5.57. The van der Waals surface area contributed by atoms with Gasteiger partial charge in [0.15, 0.2) is 0 Å². The van der Waals surface area contributed by atoms with Gasteiger partial charge in [0.05, 0.1) is 6.10 Å². The van der Waals surface area contributed by atoms with E-state index in [4.69, 9.17) is 4.74 Å². The maximum absolute atomic E-state index is 5.57. The third-order valence-electron chi connectivity index (χ3n) is 3.10. The summed E-state index contributed by atoms with van der Waals surface area (Å²) in [5.41, 5.74) is 1.36. The van der Waals surface area contributed by atoms with E-state index >= 15 is 0 Å². The summed E-state index contributed by atoms with van der Waals surface area (Å²) in [6.07, 6.45) is 3.75. The highest BCUT2D eigenvalue weighted by molar-refractivity contribution is 5.38. The van der Waals surface area contributed by atoms with E-state index in [9.17, 15) is 0 Å². The molecular weight excluding hydrogens is 262 g/mol. The van der Waals surface area contributed by atoms with Crippen molar-refractivity contribution in [1.82, 2.24) is 9.97 Å². The third-order valence-corrected chi connectivity index (χ3v) is 3.10. The van der Waals surface area contributed by atoms with Crippen molar-refractivity contribution in [2.24, 2.45) is 0 Å². The Labute approximate surface area is 126 Å². The van der Waals surface area contributed by atoms with Gasteiger partial charge in [0.25, 0.3) is 0 Å². The van der Waals surface area contributed by atoms with E-state index in [1.165, 1.54) is 11.9 Å². The van der Waals surface area contributed by atoms with Crippen LogP contribution in [0.1, 0.15) is 32.8 Å². The first-order valence-corrected chi connectivity index (χ1v) is 7.42. The molecule has 21 heavy (non-hydrogen) atoms. The van der Waals surface area contributed by atoms with Crippen molar-refractivity contribution in [3.8, 4) is 5.88 Å². The van der Waals surface area contributed by atoms with E-state index in [2.05, 4.69) is 46.5 Å². The lowest BCUT2D eigenvalue weighted by Crippen LogP contribution is -2.17. The molecule has 0 saturated heterocycles. The Hall–Kier alpha value is -2.10. The number of ether oxygens (including phenoxy) is 1. The molecule has 112 valence electrons. The number of aryl methyl sites for hydroxylation is 1. The minimum Gasteiger partial charge on any atom is -0.475 e. The van der Waals surface area contributed by atoms with E-state index in [0.717, 1.165) is 18.7 Å². The lowest BCUT2D eigenvalue weighted by Gasteiger charge is -2.15. The Bertz CT molecular complexity index is 543. The first-order chi connectivity index (χ1) is 10.1. The molecule has 1 atom stereocenters. The van der Waals surface area contributed by atoms with Gasteiger partial charge >= 0.3 is 0 Å². The number of nitrogens with zero attached hydrogens (tertiary/aromatic N) is 2. The molecule has 1 unspecified atom stereocenters. The second kappa shape index (κ2) is 7.62. The third kappa shape index (κ3) is 5.42. The van der Waals surface area contributed by atoms with Crippen LogP contribution in [-0.2, 0) is 6.42 Å². The summed E-state index contributed by atoms with van der Waals surface area (Å²) in [4.78, 5) is 8.35. The number of benzene rings is 1. The van der Waals surface area contributed by atoms with Gasteiger partial charge in [0.1, 0.15) is 12.1 Å². The van der Waals surface area contributed by atoms with Crippen LogP contribution in [-0.4, -0.2) is 22.1 Å². The molecule has 0 aliphatic carbocycles. The molecule has 0 fully saturated rings. The van der Waals surface area contributed by atoms with Gasteiger partial charge in [-0.15, -0.1) is 0 Å². The van der Waals surface area contributed by atoms with Crippen LogP contribution < -0.4 is 10.1 Å². The first kappa shape index (κ1) is 15.3. The number of hydrogen-bond donors (Lipinski definition) is 1. The molecule has 0 aliphatic rings. The second-order valence-electron chi connectivity index (χ2n) is 5.48. The maximum Gasteiger partial charge on any atom is 0.218 e. The highest BCUT2D eigenvalue weighted by atomic mass is 16.5. The predicted octanol–water partition coefficient (Wildman–Crippen LogP) is 3.70. The Morgan fingerprint density at radius 2 is 1.86 bits per heavy atom. The molecule has 1 aromatic heterocycles. The van der Waals surface area contributed by atoms with Crippen molar-refractivity contribution >= 4 is 5.82 Å². The van der Waals surface area contributed by atoms with Gasteiger partial charge in [0.2, 0.25) is 5.88 Å². The molecule has 1 N–H and O–H groups in total. The largest absolute Gasteiger partial charge is 0.475 e. The van der Waals surface area contributed by atoms with Gasteiger partial charge in [-0.1, -0.05) is 30.3 Å². The normalized spacial score (nSPS) is 12.2. The Morgan fingerprint density at radius 1 is 1.10 bits per heavy atom. The van der Waals surface area contributed by atoms with Gasteiger partial charge in [-0.25, -0.2) is 9.97 Å². The standard InChI is InChI=1S/C17H23N3O/c1-13(2)21-17-11-16(18-12-19-17)20-14(3)9-10-15-7-5-4-6-8-15/h4-8,11-14H,9-10H2,1-3H3,(H,18,19,20). The molecule has 4 nitrogen and oxygen atoms in total. The van der Waals surface area contributed by atoms with Crippen LogP contribution in [0.25, 0.3) is 0 Å². The van der Waals surface area contributed by atoms with E-state index in [1.807, 2.05) is 26.0 Å². The zero-order valence-corrected chi connectivity index (χ0v) is 12.9. The minimum absolute atomic E-state index is 0.114. The quantitative estimate of drug-likeness (QED) is 0.842. The van der Waals surface area contributed by atoms with E-state index < -0.39 is 0 Å². The molecule has 0 amide bonds. The molecule has 1 heterocycles. The predicted molar refractivity (Wildman–Crippen MR) is 85.6 cm³/mol. The van der Waals surface area contributed by atoms with Gasteiger partial charge in [-0.05, 0) is 39.2 Å². The zero-order valence-electron chi connectivity index (χ0n) is 12.9. The fourth-order valence-electron chi connectivity index (χ4n) is 2.08. The Morgan fingerprint density at radius 3 is 2.57 bits per heavy atom. The van der Waals surface area contributed by atoms with Crippen LogP contribution in [0.4, 0.5) is 5.82 Å². The molecule has 0 spiro atoms. The van der Waals surface area contributed by atoms with Crippen molar-refractivity contribution in [3.63, 3.8) is 0 Å². The van der Waals surface area contributed by atoms with Gasteiger partial charge < -0.3 is 10.1 Å². The average Bonchev–Trinajstić information content (AvgIpc) is 2.46. The number of hydrogen-bond acceptors (Lipinski definition) is 4. The van der Waals surface area contributed by atoms with Crippen LogP contribution in [0, 0.1) is 0 Å². The highest BCUT2D eigenvalue weighted by Crippen LogP contribution is 2.15. The number of anilines is 1. The van der Waals surface area contributed by atoms with E-state index in [-0.39, 0.29) is 6.10 Å². The maximum atomic E-state index is 5.57. The topological polar surface area (TPSA) is 47.0 Å². The van der Waals surface area contributed by atoms with Crippen molar-refractivity contribution < 1.29 is 4.74 Å². The average molecular weight is 285 g/mol. The van der Waals surface area contributed by atoms with Crippen LogP contribution in [0.15, 0.2) is 42.7 Å². The summed E-state index contributed by atoms with van der Waals surface area (Å²) in [6.45, 7) is 6.13. The molecule has 1 aromatic carbocycles.